The Morgan fingerprint density at radius 1 is 1.36 bits per heavy atom. The first kappa shape index (κ1) is 16.1. The highest BCUT2D eigenvalue weighted by molar-refractivity contribution is 5.96. The Kier molecular flexibility index (Phi) is 4.21. The zero-order valence-electron chi connectivity index (χ0n) is 14.6. The number of pyridine rings is 1. The molecule has 3 atom stereocenters. The summed E-state index contributed by atoms with van der Waals surface area (Å²) in [6.07, 6.45) is 3.30. The molecular weight excluding hydrogens is 318 g/mol. The second-order valence-corrected chi connectivity index (χ2v) is 6.79. The maximum absolute atomic E-state index is 13.0. The minimum absolute atomic E-state index is 0.0598. The number of aromatic nitrogens is 2. The van der Waals surface area contributed by atoms with Gasteiger partial charge in [-0.2, -0.15) is 0 Å². The summed E-state index contributed by atoms with van der Waals surface area (Å²) >= 11 is 0. The van der Waals surface area contributed by atoms with Crippen molar-refractivity contribution in [2.45, 2.75) is 44.9 Å². The molecule has 1 saturated heterocycles. The van der Waals surface area contributed by atoms with Gasteiger partial charge in [0.25, 0.3) is 5.91 Å². The normalized spacial score (nSPS) is 25.7. The van der Waals surface area contributed by atoms with Gasteiger partial charge in [-0.15, -0.1) is 0 Å². The number of rotatable bonds is 3. The molecule has 0 spiro atoms. The van der Waals surface area contributed by atoms with Gasteiger partial charge in [-0.25, -0.2) is 4.98 Å². The van der Waals surface area contributed by atoms with Crippen molar-refractivity contribution < 1.29 is 14.3 Å². The number of ether oxygens (including phenoxy) is 2. The predicted molar refractivity (Wildman–Crippen MR) is 92.7 cm³/mol. The maximum Gasteiger partial charge on any atom is 0.256 e. The highest BCUT2D eigenvalue weighted by Gasteiger charge is 2.46. The first-order valence-corrected chi connectivity index (χ1v) is 8.80. The number of nitrogens with zero attached hydrogens (tertiary/aromatic N) is 2. The Balaban J connectivity index is 1.51. The number of aromatic amines is 1. The molecule has 2 aromatic heterocycles. The maximum atomic E-state index is 13.0. The smallest absolute Gasteiger partial charge is 0.256 e. The Labute approximate surface area is 147 Å². The number of morpholine rings is 1. The standard InChI is InChI=1S/C19H23N3O3/c1-12-11-14(13(2)21-12)19(23)22-9-10-24-18-15(22)6-7-16(18)25-17-5-3-4-8-20-17/h3-5,8,11,15-16,18,21H,6-7,9-10H2,1-2H3/t15-,16+,18+/m1/s1. The summed E-state index contributed by atoms with van der Waals surface area (Å²) < 4.78 is 12.0. The highest BCUT2D eigenvalue weighted by atomic mass is 16.5. The summed E-state index contributed by atoms with van der Waals surface area (Å²) in [5.74, 6) is 0.691. The van der Waals surface area contributed by atoms with Gasteiger partial charge in [-0.3, -0.25) is 4.79 Å². The van der Waals surface area contributed by atoms with Crippen LogP contribution in [0.3, 0.4) is 0 Å². The molecule has 6 heteroatoms. The lowest BCUT2D eigenvalue weighted by molar-refractivity contribution is -0.0793. The molecule has 1 N–H and O–H groups in total. The molecule has 1 aliphatic heterocycles. The van der Waals surface area contributed by atoms with Crippen molar-refractivity contribution >= 4 is 5.91 Å². The molecule has 25 heavy (non-hydrogen) atoms. The summed E-state index contributed by atoms with van der Waals surface area (Å²) in [5.41, 5.74) is 2.69. The number of aryl methyl sites for hydroxylation is 2. The Hall–Kier alpha value is -2.34. The van der Waals surface area contributed by atoms with Crippen molar-refractivity contribution in [2.75, 3.05) is 13.2 Å². The van der Waals surface area contributed by atoms with E-state index in [1.54, 1.807) is 6.20 Å². The fraction of sp³-hybridized carbons (Fsp3) is 0.474. The van der Waals surface area contributed by atoms with Crippen LogP contribution in [0.5, 0.6) is 5.88 Å². The van der Waals surface area contributed by atoms with Crippen molar-refractivity contribution in [3.05, 3.63) is 47.4 Å². The van der Waals surface area contributed by atoms with Gasteiger partial charge in [0.15, 0.2) is 0 Å². The zero-order valence-corrected chi connectivity index (χ0v) is 14.6. The molecule has 1 aliphatic carbocycles. The van der Waals surface area contributed by atoms with Crippen molar-refractivity contribution in [1.29, 1.82) is 0 Å². The van der Waals surface area contributed by atoms with E-state index in [9.17, 15) is 4.79 Å². The minimum Gasteiger partial charge on any atom is -0.471 e. The fourth-order valence-corrected chi connectivity index (χ4v) is 3.97. The zero-order chi connectivity index (χ0) is 17.4. The molecule has 2 aliphatic rings. The number of carbonyl (C=O) groups excluding carboxylic acids is 1. The predicted octanol–water partition coefficient (Wildman–Crippen LogP) is 2.48. The van der Waals surface area contributed by atoms with Gasteiger partial charge in [0.2, 0.25) is 5.88 Å². The van der Waals surface area contributed by atoms with Crippen LogP contribution in [0.1, 0.15) is 34.6 Å². The van der Waals surface area contributed by atoms with Gasteiger partial charge in [0, 0.05) is 30.2 Å². The van der Waals surface area contributed by atoms with Crippen molar-refractivity contribution in [2.24, 2.45) is 0 Å². The fourth-order valence-electron chi connectivity index (χ4n) is 3.97. The van der Waals surface area contributed by atoms with Gasteiger partial charge in [0.1, 0.15) is 12.2 Å². The molecular formula is C19H23N3O3. The molecule has 3 heterocycles. The van der Waals surface area contributed by atoms with E-state index in [1.165, 1.54) is 0 Å². The molecule has 0 unspecified atom stereocenters. The van der Waals surface area contributed by atoms with Crippen LogP contribution in [0.2, 0.25) is 0 Å². The first-order chi connectivity index (χ1) is 12.1. The number of hydrogen-bond donors (Lipinski definition) is 1. The van der Waals surface area contributed by atoms with E-state index < -0.39 is 0 Å². The van der Waals surface area contributed by atoms with Crippen molar-refractivity contribution in [3.63, 3.8) is 0 Å². The van der Waals surface area contributed by atoms with Crippen LogP contribution in [-0.2, 0) is 4.74 Å². The number of carbonyl (C=O) groups is 1. The Bertz CT molecular complexity index is 759. The minimum atomic E-state index is -0.0972. The molecule has 1 saturated carbocycles. The Morgan fingerprint density at radius 3 is 2.96 bits per heavy atom. The van der Waals surface area contributed by atoms with Crippen molar-refractivity contribution in [1.82, 2.24) is 14.9 Å². The van der Waals surface area contributed by atoms with E-state index in [-0.39, 0.29) is 24.2 Å². The lowest BCUT2D eigenvalue weighted by atomic mass is 10.1. The molecule has 4 rings (SSSR count). The summed E-state index contributed by atoms with van der Waals surface area (Å²) in [6.45, 7) is 5.08. The lowest BCUT2D eigenvalue weighted by Gasteiger charge is -2.39. The van der Waals surface area contributed by atoms with Crippen LogP contribution in [0, 0.1) is 13.8 Å². The van der Waals surface area contributed by atoms with Crippen molar-refractivity contribution in [3.8, 4) is 5.88 Å². The molecule has 0 bridgehead atoms. The quantitative estimate of drug-likeness (QED) is 0.931. The van der Waals surface area contributed by atoms with Crippen LogP contribution in [0.4, 0.5) is 0 Å². The second-order valence-electron chi connectivity index (χ2n) is 6.79. The van der Waals surface area contributed by atoms with E-state index >= 15 is 0 Å². The molecule has 132 valence electrons. The summed E-state index contributed by atoms with van der Waals surface area (Å²) in [7, 11) is 0. The molecule has 2 fully saturated rings. The summed E-state index contributed by atoms with van der Waals surface area (Å²) in [6, 6.07) is 7.61. The van der Waals surface area contributed by atoms with E-state index in [2.05, 4.69) is 9.97 Å². The largest absolute Gasteiger partial charge is 0.471 e. The van der Waals surface area contributed by atoms with E-state index in [0.29, 0.717) is 19.0 Å². The average molecular weight is 341 g/mol. The molecule has 6 nitrogen and oxygen atoms in total. The third kappa shape index (κ3) is 3.02. The number of hydrogen-bond acceptors (Lipinski definition) is 4. The highest BCUT2D eigenvalue weighted by Crippen LogP contribution is 2.33. The molecule has 1 amide bonds. The van der Waals surface area contributed by atoms with Crippen LogP contribution in [-0.4, -0.2) is 52.2 Å². The number of nitrogens with one attached hydrogen (secondary N) is 1. The molecule has 2 aromatic rings. The van der Waals surface area contributed by atoms with Crippen LogP contribution in [0.25, 0.3) is 0 Å². The Morgan fingerprint density at radius 2 is 2.24 bits per heavy atom. The lowest BCUT2D eigenvalue weighted by Crippen LogP contribution is -2.54. The van der Waals surface area contributed by atoms with Crippen LogP contribution in [0.15, 0.2) is 30.5 Å². The van der Waals surface area contributed by atoms with E-state index in [1.807, 2.05) is 43.0 Å². The van der Waals surface area contributed by atoms with Crippen LogP contribution < -0.4 is 4.74 Å². The third-order valence-electron chi connectivity index (χ3n) is 5.09. The monoisotopic (exact) mass is 341 g/mol. The second kappa shape index (κ2) is 6.52. The first-order valence-electron chi connectivity index (χ1n) is 8.80. The van der Waals surface area contributed by atoms with Gasteiger partial charge < -0.3 is 19.4 Å². The van der Waals surface area contributed by atoms with Crippen LogP contribution >= 0.6 is 0 Å². The van der Waals surface area contributed by atoms with Gasteiger partial charge in [-0.05, 0) is 38.8 Å². The van der Waals surface area contributed by atoms with E-state index in [4.69, 9.17) is 9.47 Å². The molecule has 0 aromatic carbocycles. The summed E-state index contributed by atoms with van der Waals surface area (Å²) in [4.78, 5) is 22.5. The topological polar surface area (TPSA) is 67.5 Å². The molecule has 0 radical (unpaired) electrons. The number of H-pyrrole nitrogens is 1. The van der Waals surface area contributed by atoms with Gasteiger partial charge in [0.05, 0.1) is 18.2 Å². The number of amides is 1. The van der Waals surface area contributed by atoms with Gasteiger partial charge >= 0.3 is 0 Å². The van der Waals surface area contributed by atoms with E-state index in [0.717, 1.165) is 29.8 Å². The summed E-state index contributed by atoms with van der Waals surface area (Å²) in [5, 5.41) is 0. The average Bonchev–Trinajstić information content (AvgIpc) is 3.18. The SMILES string of the molecule is Cc1cc(C(=O)N2CCO[C@@H]3[C@@H](Oc4ccccn4)CC[C@H]32)c(C)[nH]1. The van der Waals surface area contributed by atoms with Gasteiger partial charge in [-0.1, -0.05) is 6.07 Å². The third-order valence-corrected chi connectivity index (χ3v) is 5.09. The number of fused-ring (bicyclic) bond motifs is 1.